The number of urea groups is 1. The maximum absolute atomic E-state index is 14.5. The van der Waals surface area contributed by atoms with Crippen LogP contribution in [-0.4, -0.2) is 23.1 Å². The SMILES string of the molecule is COc1ccccc1C(C1CCCCC1)N(Cc1ccc(O)cc1)C(=O)Nc1c(C(C)C)cccc1C(C)C. The smallest absolute Gasteiger partial charge is 0.322 e. The van der Waals surface area contributed by atoms with Gasteiger partial charge in [-0.3, -0.25) is 0 Å². The van der Waals surface area contributed by atoms with Crippen LogP contribution in [0.15, 0.2) is 66.7 Å². The Morgan fingerprint density at radius 1 is 0.872 bits per heavy atom. The lowest BCUT2D eigenvalue weighted by atomic mass is 9.80. The topological polar surface area (TPSA) is 61.8 Å². The molecule has 3 aromatic rings. The third-order valence-corrected chi connectivity index (χ3v) is 8.04. The summed E-state index contributed by atoms with van der Waals surface area (Å²) in [4.78, 5) is 16.5. The molecule has 1 aliphatic rings. The van der Waals surface area contributed by atoms with Gasteiger partial charge in [-0.25, -0.2) is 4.79 Å². The molecule has 3 aromatic carbocycles. The summed E-state index contributed by atoms with van der Waals surface area (Å²) < 4.78 is 5.84. The molecule has 0 aliphatic heterocycles. The van der Waals surface area contributed by atoms with Crippen LogP contribution in [-0.2, 0) is 6.54 Å². The average molecular weight is 529 g/mol. The Morgan fingerprint density at radius 2 is 1.46 bits per heavy atom. The van der Waals surface area contributed by atoms with Crippen molar-refractivity contribution in [2.75, 3.05) is 12.4 Å². The minimum atomic E-state index is -0.149. The zero-order valence-corrected chi connectivity index (χ0v) is 24.1. The van der Waals surface area contributed by atoms with Crippen LogP contribution in [0.1, 0.15) is 99.9 Å². The average Bonchev–Trinajstić information content (AvgIpc) is 2.94. The van der Waals surface area contributed by atoms with E-state index in [-0.39, 0.29) is 29.7 Å². The van der Waals surface area contributed by atoms with Gasteiger partial charge in [-0.15, -0.1) is 0 Å². The molecule has 0 saturated heterocycles. The van der Waals surface area contributed by atoms with Crippen molar-refractivity contribution in [2.24, 2.45) is 5.92 Å². The van der Waals surface area contributed by atoms with E-state index in [1.165, 1.54) is 19.3 Å². The first-order chi connectivity index (χ1) is 18.8. The standard InChI is InChI=1S/C34H44N2O3/c1-23(2)28-15-11-16-29(24(3)4)32(28)35-34(38)36(22-25-18-20-27(37)21-19-25)33(26-12-7-6-8-13-26)30-14-9-10-17-31(30)39-5/h9-11,14-21,23-24,26,33,37H,6-8,12-13,22H2,1-5H3,(H,35,38). The molecule has 1 unspecified atom stereocenters. The molecule has 5 nitrogen and oxygen atoms in total. The van der Waals surface area contributed by atoms with Crippen LogP contribution in [0.4, 0.5) is 10.5 Å². The van der Waals surface area contributed by atoms with Gasteiger partial charge in [0.1, 0.15) is 11.5 Å². The van der Waals surface area contributed by atoms with Gasteiger partial charge in [0, 0.05) is 17.8 Å². The fourth-order valence-electron chi connectivity index (χ4n) is 6.01. The summed E-state index contributed by atoms with van der Waals surface area (Å²) in [6.07, 6.45) is 5.71. The highest BCUT2D eigenvalue weighted by Gasteiger charge is 2.35. The highest BCUT2D eigenvalue weighted by atomic mass is 16.5. The Morgan fingerprint density at radius 3 is 2.05 bits per heavy atom. The summed E-state index contributed by atoms with van der Waals surface area (Å²) in [6, 6.07) is 21.4. The van der Waals surface area contributed by atoms with Crippen molar-refractivity contribution in [3.05, 3.63) is 89.0 Å². The number of phenols is 1. The van der Waals surface area contributed by atoms with E-state index >= 15 is 0 Å². The first-order valence-electron chi connectivity index (χ1n) is 14.4. The molecule has 0 spiro atoms. The molecule has 1 fully saturated rings. The number of amides is 2. The summed E-state index contributed by atoms with van der Waals surface area (Å²) >= 11 is 0. The number of carbonyl (C=O) groups is 1. The largest absolute Gasteiger partial charge is 0.508 e. The number of carbonyl (C=O) groups excluding carboxylic acids is 1. The molecular formula is C34H44N2O3. The molecule has 2 N–H and O–H groups in total. The second-order valence-corrected chi connectivity index (χ2v) is 11.4. The van der Waals surface area contributed by atoms with E-state index < -0.39 is 0 Å². The molecule has 2 amide bonds. The number of methoxy groups -OCH3 is 1. The Bertz CT molecular complexity index is 1200. The van der Waals surface area contributed by atoms with Crippen LogP contribution in [0, 0.1) is 5.92 Å². The fraction of sp³-hybridized carbons (Fsp3) is 0.441. The van der Waals surface area contributed by atoms with Crippen molar-refractivity contribution in [1.29, 1.82) is 0 Å². The van der Waals surface area contributed by atoms with E-state index in [0.29, 0.717) is 12.5 Å². The Balaban J connectivity index is 1.83. The lowest BCUT2D eigenvalue weighted by molar-refractivity contribution is 0.132. The van der Waals surface area contributed by atoms with Crippen molar-refractivity contribution >= 4 is 11.7 Å². The second-order valence-electron chi connectivity index (χ2n) is 11.4. The van der Waals surface area contributed by atoms with Crippen LogP contribution < -0.4 is 10.1 Å². The van der Waals surface area contributed by atoms with Crippen LogP contribution >= 0.6 is 0 Å². The number of phenolic OH excluding ortho intramolecular Hbond substituents is 1. The zero-order chi connectivity index (χ0) is 27.9. The number of aromatic hydroxyl groups is 1. The molecule has 5 heteroatoms. The quantitative estimate of drug-likeness (QED) is 0.291. The maximum Gasteiger partial charge on any atom is 0.322 e. The van der Waals surface area contributed by atoms with Crippen molar-refractivity contribution < 1.29 is 14.6 Å². The highest BCUT2D eigenvalue weighted by Crippen LogP contribution is 2.43. The normalized spacial score (nSPS) is 14.8. The number of rotatable bonds is 9. The van der Waals surface area contributed by atoms with Crippen LogP contribution in [0.25, 0.3) is 0 Å². The molecule has 0 heterocycles. The predicted octanol–water partition coefficient (Wildman–Crippen LogP) is 9.00. The third kappa shape index (κ3) is 6.76. The summed E-state index contributed by atoms with van der Waals surface area (Å²) in [7, 11) is 1.70. The summed E-state index contributed by atoms with van der Waals surface area (Å²) in [5.41, 5.74) is 5.23. The summed E-state index contributed by atoms with van der Waals surface area (Å²) in [5, 5.41) is 13.3. The highest BCUT2D eigenvalue weighted by molar-refractivity contribution is 5.92. The molecule has 1 atom stereocenters. The minimum absolute atomic E-state index is 0.112. The predicted molar refractivity (Wildman–Crippen MR) is 160 cm³/mol. The number of hydrogen-bond donors (Lipinski definition) is 2. The fourth-order valence-corrected chi connectivity index (χ4v) is 6.01. The zero-order valence-electron chi connectivity index (χ0n) is 24.1. The van der Waals surface area contributed by atoms with Gasteiger partial charge >= 0.3 is 6.03 Å². The van der Waals surface area contributed by atoms with Gasteiger partial charge in [0.2, 0.25) is 0 Å². The molecular weight excluding hydrogens is 484 g/mol. The number of benzene rings is 3. The van der Waals surface area contributed by atoms with Gasteiger partial charge in [-0.1, -0.05) is 95.5 Å². The second kappa shape index (κ2) is 13.1. The van der Waals surface area contributed by atoms with Gasteiger partial charge in [-0.05, 0) is 65.5 Å². The molecule has 4 rings (SSSR count). The van der Waals surface area contributed by atoms with Crippen molar-refractivity contribution in [3.8, 4) is 11.5 Å². The molecule has 1 aliphatic carbocycles. The van der Waals surface area contributed by atoms with E-state index in [2.05, 4.69) is 57.3 Å². The van der Waals surface area contributed by atoms with Crippen LogP contribution in [0.3, 0.4) is 0 Å². The van der Waals surface area contributed by atoms with E-state index in [1.54, 1.807) is 19.2 Å². The van der Waals surface area contributed by atoms with Crippen molar-refractivity contribution in [2.45, 2.75) is 84.2 Å². The van der Waals surface area contributed by atoms with Crippen molar-refractivity contribution in [1.82, 2.24) is 4.90 Å². The van der Waals surface area contributed by atoms with E-state index in [4.69, 9.17) is 4.74 Å². The third-order valence-electron chi connectivity index (χ3n) is 8.04. The molecule has 0 radical (unpaired) electrons. The molecule has 0 bridgehead atoms. The summed E-state index contributed by atoms with van der Waals surface area (Å²) in [6.45, 7) is 9.10. The lowest BCUT2D eigenvalue weighted by Crippen LogP contribution is -2.41. The van der Waals surface area contributed by atoms with E-state index in [0.717, 1.165) is 46.5 Å². The van der Waals surface area contributed by atoms with E-state index in [9.17, 15) is 9.90 Å². The first-order valence-corrected chi connectivity index (χ1v) is 14.4. The monoisotopic (exact) mass is 528 g/mol. The van der Waals surface area contributed by atoms with Gasteiger partial charge in [0.25, 0.3) is 0 Å². The van der Waals surface area contributed by atoms with Crippen molar-refractivity contribution in [3.63, 3.8) is 0 Å². The Labute approximate surface area is 234 Å². The molecule has 0 aromatic heterocycles. The number of anilines is 1. The van der Waals surface area contributed by atoms with Gasteiger partial charge in [0.15, 0.2) is 0 Å². The molecule has 1 saturated carbocycles. The number of nitrogens with zero attached hydrogens (tertiary/aromatic N) is 1. The number of ether oxygens (including phenoxy) is 1. The lowest BCUT2D eigenvalue weighted by Gasteiger charge is -2.40. The minimum Gasteiger partial charge on any atom is -0.508 e. The van der Waals surface area contributed by atoms with Crippen LogP contribution in [0.2, 0.25) is 0 Å². The van der Waals surface area contributed by atoms with E-state index in [1.807, 2.05) is 35.2 Å². The van der Waals surface area contributed by atoms with Gasteiger partial charge in [0.05, 0.1) is 13.2 Å². The number of hydrogen-bond acceptors (Lipinski definition) is 3. The molecule has 39 heavy (non-hydrogen) atoms. The Kier molecular flexibility index (Phi) is 9.55. The first kappa shape index (κ1) is 28.5. The van der Waals surface area contributed by atoms with Gasteiger partial charge < -0.3 is 20.1 Å². The van der Waals surface area contributed by atoms with Crippen LogP contribution in [0.5, 0.6) is 11.5 Å². The number of nitrogens with one attached hydrogen (secondary N) is 1. The maximum atomic E-state index is 14.5. The molecule has 208 valence electrons. The Hall–Kier alpha value is -3.47. The van der Waals surface area contributed by atoms with Gasteiger partial charge in [-0.2, -0.15) is 0 Å². The number of para-hydroxylation sites is 2. The summed E-state index contributed by atoms with van der Waals surface area (Å²) in [5.74, 6) is 1.89.